The molecule has 17 heteroatoms. The van der Waals surface area contributed by atoms with Crippen LogP contribution in [0, 0.1) is 13.8 Å². The Morgan fingerprint density at radius 3 is 1.19 bits per heavy atom. The maximum atomic E-state index is 13.7. The van der Waals surface area contributed by atoms with Gasteiger partial charge in [0.15, 0.2) is 0 Å². The molecule has 0 fully saturated rings. The summed E-state index contributed by atoms with van der Waals surface area (Å²) in [5.41, 5.74) is 13.8. The zero-order valence-corrected chi connectivity index (χ0v) is 38.8. The lowest BCUT2D eigenvalue weighted by atomic mass is 10.0. The Kier molecular flexibility index (Phi) is 17.4. The first-order valence-electron chi connectivity index (χ1n) is 21.9. The number of fused-ring (bicyclic) bond motifs is 8. The van der Waals surface area contributed by atoms with E-state index >= 15 is 0 Å². The number of anilines is 1. The predicted molar refractivity (Wildman–Crippen MR) is 249 cm³/mol. The van der Waals surface area contributed by atoms with Crippen molar-refractivity contribution >= 4 is 29.5 Å². The van der Waals surface area contributed by atoms with Crippen LogP contribution in [-0.2, 0) is 92.3 Å². The number of carbonyl (C=O) groups is 4. The summed E-state index contributed by atoms with van der Waals surface area (Å²) in [6.07, 6.45) is 0. The number of nitrogens with two attached hydrogens (primary N) is 1. The van der Waals surface area contributed by atoms with Gasteiger partial charge in [-0.05, 0) is 55.8 Å². The molecule has 17 nitrogen and oxygen atoms in total. The van der Waals surface area contributed by atoms with Crippen molar-refractivity contribution in [1.82, 2.24) is 34.9 Å². The number of hydrogen-bond acceptors (Lipinski definition) is 16. The van der Waals surface area contributed by atoms with Crippen molar-refractivity contribution < 1.29 is 43.6 Å². The Morgan fingerprint density at radius 1 is 0.537 bits per heavy atom. The zero-order valence-electron chi connectivity index (χ0n) is 38.8. The zero-order chi connectivity index (χ0) is 48.0. The fraction of sp³-hybridized carbons (Fsp3) is 0.360. The highest BCUT2D eigenvalue weighted by molar-refractivity contribution is 5.78. The third-order valence-electron chi connectivity index (χ3n) is 11.2. The number of benzene rings is 3. The summed E-state index contributed by atoms with van der Waals surface area (Å²) in [5.74, 6) is -1.64. The second-order valence-electron chi connectivity index (χ2n) is 16.9. The Bertz CT molecular complexity index is 2520. The maximum Gasteiger partial charge on any atom is 0.319 e. The van der Waals surface area contributed by atoms with Gasteiger partial charge in [-0.15, -0.1) is 0 Å². The van der Waals surface area contributed by atoms with Crippen molar-refractivity contribution in [2.75, 3.05) is 53.2 Å². The molecule has 67 heavy (non-hydrogen) atoms. The molecule has 1 aliphatic heterocycles. The van der Waals surface area contributed by atoms with Crippen LogP contribution in [0.5, 0.6) is 11.5 Å². The van der Waals surface area contributed by atoms with Crippen LogP contribution in [0.15, 0.2) is 84.9 Å². The van der Waals surface area contributed by atoms with Gasteiger partial charge < -0.3 is 35.5 Å². The molecular weight excluding hydrogens is 857 g/mol. The number of methoxy groups -OCH3 is 3. The molecule has 0 saturated carbocycles. The quantitative estimate of drug-likeness (QED) is 0.0876. The van der Waals surface area contributed by atoms with Crippen molar-refractivity contribution in [3.8, 4) is 11.5 Å². The second kappa shape index (κ2) is 23.5. The second-order valence-corrected chi connectivity index (χ2v) is 16.9. The molecule has 5 N–H and O–H groups in total. The number of aromatic nitrogens is 2. The van der Waals surface area contributed by atoms with E-state index in [9.17, 15) is 29.4 Å². The van der Waals surface area contributed by atoms with Crippen LogP contribution in [0.2, 0.25) is 0 Å². The van der Waals surface area contributed by atoms with Gasteiger partial charge in [-0.2, -0.15) is 0 Å². The van der Waals surface area contributed by atoms with Gasteiger partial charge in [0.05, 0.1) is 70.3 Å². The van der Waals surface area contributed by atoms with Gasteiger partial charge >= 0.3 is 17.9 Å². The minimum absolute atomic E-state index is 0.0127. The summed E-state index contributed by atoms with van der Waals surface area (Å²) in [4.78, 5) is 69.4. The van der Waals surface area contributed by atoms with Crippen LogP contribution in [0.3, 0.4) is 0 Å². The number of carbonyl (C=O) groups excluding carboxylic acids is 4. The number of ether oxygens (including phenoxy) is 3. The molecule has 0 saturated heterocycles. The topological polar surface area (TPSA) is 213 Å². The number of aryl methyl sites for hydroxylation is 2. The van der Waals surface area contributed by atoms with E-state index in [0.717, 1.165) is 16.7 Å². The van der Waals surface area contributed by atoms with E-state index in [1.54, 1.807) is 12.1 Å². The maximum absolute atomic E-state index is 13.7. The third kappa shape index (κ3) is 14.8. The van der Waals surface area contributed by atoms with E-state index in [2.05, 4.69) is 5.32 Å². The van der Waals surface area contributed by atoms with Crippen LogP contribution < -0.4 is 11.1 Å². The number of amides is 1. The van der Waals surface area contributed by atoms with Crippen molar-refractivity contribution in [1.29, 1.82) is 0 Å². The highest BCUT2D eigenvalue weighted by atomic mass is 16.5. The van der Waals surface area contributed by atoms with E-state index < -0.39 is 17.9 Å². The number of nitrogens with zero attached hydrogens (tertiary/aromatic N) is 6. The number of rotatable bonds is 10. The largest absolute Gasteiger partial charge is 0.507 e. The first-order valence-corrected chi connectivity index (χ1v) is 21.9. The monoisotopic (exact) mass is 916 g/mol. The van der Waals surface area contributed by atoms with E-state index in [1.807, 2.05) is 106 Å². The van der Waals surface area contributed by atoms with Crippen molar-refractivity contribution in [3.63, 3.8) is 0 Å². The van der Waals surface area contributed by atoms with Gasteiger partial charge in [0.1, 0.15) is 11.5 Å². The number of phenolic OH excluding ortho intramolecular Hbond substituents is 2. The molecule has 0 radical (unpaired) electrons. The minimum atomic E-state index is -0.474. The molecule has 2 aromatic heterocycles. The van der Waals surface area contributed by atoms with E-state index in [-0.39, 0.29) is 102 Å². The highest BCUT2D eigenvalue weighted by Crippen LogP contribution is 2.30. The third-order valence-corrected chi connectivity index (χ3v) is 11.2. The van der Waals surface area contributed by atoms with Gasteiger partial charge in [-0.25, -0.2) is 0 Å². The summed E-state index contributed by atoms with van der Waals surface area (Å²) in [7, 11) is 3.95. The summed E-state index contributed by atoms with van der Waals surface area (Å²) in [5, 5.41) is 26.8. The van der Waals surface area contributed by atoms with Gasteiger partial charge in [-0.1, -0.05) is 59.7 Å². The van der Waals surface area contributed by atoms with Gasteiger partial charge in [0.2, 0.25) is 5.91 Å². The fourth-order valence-electron chi connectivity index (χ4n) is 8.15. The molecule has 0 atom stereocenters. The number of nitrogens with one attached hydrogen (secondary N) is 1. The molecule has 3 aromatic carbocycles. The molecule has 8 bridgehead atoms. The van der Waals surface area contributed by atoms with E-state index in [4.69, 9.17) is 29.9 Å². The van der Waals surface area contributed by atoms with Crippen LogP contribution >= 0.6 is 0 Å². The number of nitrogen functional groups attached to an aromatic ring is 1. The molecule has 354 valence electrons. The number of phenols is 2. The first-order chi connectivity index (χ1) is 32.2. The molecule has 1 aliphatic rings. The Balaban J connectivity index is 1.42. The Morgan fingerprint density at radius 2 is 0.866 bits per heavy atom. The number of esters is 3. The number of pyridine rings is 2. The number of hydrogen-bond donors (Lipinski definition) is 4. The van der Waals surface area contributed by atoms with Gasteiger partial charge in [0.25, 0.3) is 0 Å². The smallest absolute Gasteiger partial charge is 0.319 e. The molecule has 3 heterocycles. The lowest BCUT2D eigenvalue weighted by Gasteiger charge is -2.26. The molecule has 0 aliphatic carbocycles. The molecule has 0 unspecified atom stereocenters. The standard InChI is InChI=1S/C50H60N8O9/c1-33-16-36-21-55(29-45(59)52-20-35-12-14-40(51)15-13-35)25-41-8-6-9-42(53-41)26-57(31-47(61)66-4)23-38-18-34(2)19-39(50(38)64)24-58(32-48(62)67-5)28-44-11-7-10-43(54-44)27-56(30-46(60)65-3)22-37(17-33)49(36)63/h6-19,63-64H,20-32,51H2,1-5H3,(H,52,59). The predicted octanol–water partition coefficient (Wildman–Crippen LogP) is 4.24. The summed E-state index contributed by atoms with van der Waals surface area (Å²) in [6, 6.07) is 25.8. The van der Waals surface area contributed by atoms with Crippen LogP contribution in [0.25, 0.3) is 0 Å². The van der Waals surface area contributed by atoms with Crippen molar-refractivity contribution in [3.05, 3.63) is 147 Å². The SMILES string of the molecule is COC(=O)CN1Cc2cccc(n2)CN(CC(=O)OC)Cc2cc(C)cc(c2O)CN(CC(=O)OC)Cc2cccc(n2)CN(CC(=O)NCc2ccc(N)cc2)Cc2cc(C)cc(c2O)C1. The Labute approximate surface area is 391 Å². The Hall–Kier alpha value is -6.92. The van der Waals surface area contributed by atoms with Gasteiger partial charge in [-0.3, -0.25) is 48.7 Å². The highest BCUT2D eigenvalue weighted by Gasteiger charge is 2.23. The van der Waals surface area contributed by atoms with Gasteiger partial charge in [0, 0.05) is 86.8 Å². The summed E-state index contributed by atoms with van der Waals surface area (Å²) in [6.45, 7) is 5.21. The van der Waals surface area contributed by atoms with E-state index in [0.29, 0.717) is 50.7 Å². The van der Waals surface area contributed by atoms with Crippen molar-refractivity contribution in [2.45, 2.75) is 72.8 Å². The number of aromatic hydroxyl groups is 2. The average molecular weight is 917 g/mol. The van der Waals surface area contributed by atoms with E-state index in [1.165, 1.54) is 21.3 Å². The summed E-state index contributed by atoms with van der Waals surface area (Å²) < 4.78 is 15.2. The van der Waals surface area contributed by atoms with Crippen molar-refractivity contribution in [2.24, 2.45) is 0 Å². The summed E-state index contributed by atoms with van der Waals surface area (Å²) >= 11 is 0. The molecule has 1 amide bonds. The van der Waals surface area contributed by atoms with Crippen LogP contribution in [0.4, 0.5) is 5.69 Å². The first kappa shape index (κ1) is 49.5. The normalized spacial score (nSPS) is 14.6. The van der Waals surface area contributed by atoms with Crippen LogP contribution in [-0.4, -0.2) is 111 Å². The molecule has 5 aromatic rings. The average Bonchev–Trinajstić information content (AvgIpc) is 3.28. The lowest BCUT2D eigenvalue weighted by molar-refractivity contribution is -0.143. The van der Waals surface area contributed by atoms with Crippen LogP contribution in [0.1, 0.15) is 61.7 Å². The molecule has 6 rings (SSSR count). The lowest BCUT2D eigenvalue weighted by Crippen LogP contribution is -2.36. The minimum Gasteiger partial charge on any atom is -0.507 e. The molecular formula is C50H60N8O9. The fourth-order valence-corrected chi connectivity index (χ4v) is 8.15. The molecule has 0 spiro atoms.